The molecule has 0 radical (unpaired) electrons. The molecule has 0 bridgehead atoms. The number of thiophene rings is 1. The molecule has 2 N–H and O–H groups in total. The van der Waals surface area contributed by atoms with Gasteiger partial charge in [0.25, 0.3) is 0 Å². The van der Waals surface area contributed by atoms with Crippen LogP contribution in [-0.2, 0) is 6.54 Å². The van der Waals surface area contributed by atoms with Crippen LogP contribution in [0.2, 0.25) is 4.34 Å². The van der Waals surface area contributed by atoms with Gasteiger partial charge in [0.05, 0.1) is 10.9 Å². The minimum Gasteiger partial charge on any atom is -0.395 e. The zero-order valence-corrected chi connectivity index (χ0v) is 13.0. The van der Waals surface area contributed by atoms with Crippen molar-refractivity contribution in [1.29, 1.82) is 0 Å². The lowest BCUT2D eigenvalue weighted by Crippen LogP contribution is -2.25. The Morgan fingerprint density at radius 3 is 2.50 bits per heavy atom. The number of hydrogen-bond acceptors (Lipinski definition) is 4. The van der Waals surface area contributed by atoms with E-state index in [1.54, 1.807) is 11.3 Å². The molecule has 1 aromatic carbocycles. The van der Waals surface area contributed by atoms with Crippen LogP contribution in [0.3, 0.4) is 0 Å². The number of halogens is 1. The van der Waals surface area contributed by atoms with Crippen LogP contribution in [0.1, 0.15) is 11.8 Å². The summed E-state index contributed by atoms with van der Waals surface area (Å²) in [5, 5.41) is 12.4. The molecular formula is C15H19ClN2OS. The average molecular weight is 311 g/mol. The van der Waals surface area contributed by atoms with E-state index >= 15 is 0 Å². The molecule has 2 rings (SSSR count). The summed E-state index contributed by atoms with van der Waals surface area (Å²) in [4.78, 5) is 3.36. The fourth-order valence-corrected chi connectivity index (χ4v) is 3.04. The number of nitrogens with one attached hydrogen (secondary N) is 1. The molecule has 0 spiro atoms. The number of likely N-dealkylation sites (N-methyl/N-ethyl adjacent to an activating group) is 1. The van der Waals surface area contributed by atoms with Crippen LogP contribution in [0.4, 0.5) is 11.4 Å². The Morgan fingerprint density at radius 1 is 1.20 bits per heavy atom. The Morgan fingerprint density at radius 2 is 1.95 bits per heavy atom. The summed E-state index contributed by atoms with van der Waals surface area (Å²) in [6.07, 6.45) is 0. The number of aliphatic hydroxyl groups excluding tert-OH is 1. The fraction of sp³-hybridized carbons (Fsp3) is 0.333. The minimum absolute atomic E-state index is 0.174. The van der Waals surface area contributed by atoms with Crippen molar-refractivity contribution >= 4 is 34.3 Å². The maximum Gasteiger partial charge on any atom is 0.0931 e. The summed E-state index contributed by atoms with van der Waals surface area (Å²) in [5.41, 5.74) is 2.21. The monoisotopic (exact) mass is 310 g/mol. The van der Waals surface area contributed by atoms with Crippen molar-refractivity contribution in [3.05, 3.63) is 45.6 Å². The van der Waals surface area contributed by atoms with E-state index < -0.39 is 0 Å². The van der Waals surface area contributed by atoms with Gasteiger partial charge in [-0.25, -0.2) is 0 Å². The van der Waals surface area contributed by atoms with E-state index in [0.717, 1.165) is 28.8 Å². The molecule has 1 heterocycles. The van der Waals surface area contributed by atoms with Crippen LogP contribution in [0, 0.1) is 0 Å². The molecule has 108 valence electrons. The standard InChI is InChI=1S/C15H19ClN2OS/c1-2-18(9-10-19)13-5-3-12(4-6-13)17-11-14-7-8-15(16)20-14/h3-8,17,19H,2,9-11H2,1H3. The molecule has 0 amide bonds. The molecule has 5 heteroatoms. The first-order valence-electron chi connectivity index (χ1n) is 6.67. The van der Waals surface area contributed by atoms with Crippen LogP contribution in [-0.4, -0.2) is 24.8 Å². The lowest BCUT2D eigenvalue weighted by atomic mass is 10.2. The summed E-state index contributed by atoms with van der Waals surface area (Å²) in [7, 11) is 0. The van der Waals surface area contributed by atoms with Crippen LogP contribution in [0.5, 0.6) is 0 Å². The normalized spacial score (nSPS) is 10.6. The van der Waals surface area contributed by atoms with Crippen molar-refractivity contribution in [2.45, 2.75) is 13.5 Å². The number of anilines is 2. The molecule has 3 nitrogen and oxygen atoms in total. The summed E-state index contributed by atoms with van der Waals surface area (Å²) in [6.45, 7) is 4.60. The van der Waals surface area contributed by atoms with E-state index in [9.17, 15) is 0 Å². The van der Waals surface area contributed by atoms with Gasteiger partial charge in [-0.3, -0.25) is 0 Å². The van der Waals surface area contributed by atoms with E-state index in [4.69, 9.17) is 16.7 Å². The first kappa shape index (κ1) is 15.2. The highest BCUT2D eigenvalue weighted by Crippen LogP contribution is 2.23. The van der Waals surface area contributed by atoms with Crippen molar-refractivity contribution in [1.82, 2.24) is 0 Å². The van der Waals surface area contributed by atoms with E-state index in [0.29, 0.717) is 6.54 Å². The zero-order chi connectivity index (χ0) is 14.4. The van der Waals surface area contributed by atoms with Crippen molar-refractivity contribution in [2.75, 3.05) is 29.9 Å². The highest BCUT2D eigenvalue weighted by Gasteiger charge is 2.03. The maximum absolute atomic E-state index is 9.03. The first-order valence-corrected chi connectivity index (χ1v) is 7.86. The third kappa shape index (κ3) is 4.13. The van der Waals surface area contributed by atoms with E-state index in [-0.39, 0.29) is 6.61 Å². The van der Waals surface area contributed by atoms with E-state index in [2.05, 4.69) is 41.4 Å². The predicted molar refractivity (Wildman–Crippen MR) is 88.1 cm³/mol. The molecule has 0 saturated heterocycles. The summed E-state index contributed by atoms with van der Waals surface area (Å²) < 4.78 is 0.819. The van der Waals surface area contributed by atoms with Crippen LogP contribution < -0.4 is 10.2 Å². The third-order valence-electron chi connectivity index (χ3n) is 3.08. The smallest absolute Gasteiger partial charge is 0.0931 e. The number of rotatable bonds is 7. The van der Waals surface area contributed by atoms with Gasteiger partial charge in [0.2, 0.25) is 0 Å². The number of aliphatic hydroxyl groups is 1. The molecule has 1 aromatic heterocycles. The van der Waals surface area contributed by atoms with Gasteiger partial charge in [-0.1, -0.05) is 11.6 Å². The molecule has 0 atom stereocenters. The summed E-state index contributed by atoms with van der Waals surface area (Å²) in [5.74, 6) is 0. The Labute approximate surface area is 128 Å². The Balaban J connectivity index is 1.94. The van der Waals surface area contributed by atoms with Gasteiger partial charge < -0.3 is 15.3 Å². The molecule has 0 unspecified atom stereocenters. The van der Waals surface area contributed by atoms with Gasteiger partial charge in [0.15, 0.2) is 0 Å². The topological polar surface area (TPSA) is 35.5 Å². The Bertz CT molecular complexity index is 527. The molecule has 20 heavy (non-hydrogen) atoms. The third-order valence-corrected chi connectivity index (χ3v) is 4.31. The van der Waals surface area contributed by atoms with Crippen molar-refractivity contribution in [2.24, 2.45) is 0 Å². The number of nitrogens with zero attached hydrogens (tertiary/aromatic N) is 1. The Hall–Kier alpha value is -1.23. The maximum atomic E-state index is 9.03. The van der Waals surface area contributed by atoms with Gasteiger partial charge in [0.1, 0.15) is 0 Å². The average Bonchev–Trinajstić information content (AvgIpc) is 2.89. The van der Waals surface area contributed by atoms with Crippen molar-refractivity contribution < 1.29 is 5.11 Å². The SMILES string of the molecule is CCN(CCO)c1ccc(NCc2ccc(Cl)s2)cc1. The fourth-order valence-electron chi connectivity index (χ4n) is 2.02. The second-order valence-electron chi connectivity index (χ2n) is 4.41. The van der Waals surface area contributed by atoms with Gasteiger partial charge in [-0.15, -0.1) is 11.3 Å². The predicted octanol–water partition coefficient (Wildman–Crippen LogP) is 3.83. The van der Waals surface area contributed by atoms with Crippen molar-refractivity contribution in [3.63, 3.8) is 0 Å². The zero-order valence-electron chi connectivity index (χ0n) is 11.5. The van der Waals surface area contributed by atoms with Gasteiger partial charge >= 0.3 is 0 Å². The molecule has 0 fully saturated rings. The van der Waals surface area contributed by atoms with Crippen LogP contribution in [0.25, 0.3) is 0 Å². The first-order chi connectivity index (χ1) is 9.72. The van der Waals surface area contributed by atoms with Crippen LogP contribution in [0.15, 0.2) is 36.4 Å². The lowest BCUT2D eigenvalue weighted by Gasteiger charge is -2.22. The van der Waals surface area contributed by atoms with Gasteiger partial charge in [-0.05, 0) is 43.3 Å². The molecule has 0 aliphatic heterocycles. The minimum atomic E-state index is 0.174. The second-order valence-corrected chi connectivity index (χ2v) is 6.21. The van der Waals surface area contributed by atoms with E-state index in [1.165, 1.54) is 4.88 Å². The molecule has 0 saturated carbocycles. The molecular weight excluding hydrogens is 292 g/mol. The van der Waals surface area contributed by atoms with Gasteiger partial charge in [0, 0.05) is 35.9 Å². The highest BCUT2D eigenvalue weighted by atomic mass is 35.5. The largest absolute Gasteiger partial charge is 0.395 e. The summed E-state index contributed by atoms with van der Waals surface area (Å²) >= 11 is 7.50. The van der Waals surface area contributed by atoms with E-state index in [1.807, 2.05) is 12.1 Å². The molecule has 0 aliphatic carbocycles. The van der Waals surface area contributed by atoms with Gasteiger partial charge in [-0.2, -0.15) is 0 Å². The lowest BCUT2D eigenvalue weighted by molar-refractivity contribution is 0.302. The van der Waals surface area contributed by atoms with Crippen LogP contribution >= 0.6 is 22.9 Å². The number of hydrogen-bond donors (Lipinski definition) is 2. The van der Waals surface area contributed by atoms with Crippen molar-refractivity contribution in [3.8, 4) is 0 Å². The molecule has 0 aliphatic rings. The number of benzene rings is 1. The molecule has 2 aromatic rings. The Kier molecular flexibility index (Phi) is 5.71. The quantitative estimate of drug-likeness (QED) is 0.816. The highest BCUT2D eigenvalue weighted by molar-refractivity contribution is 7.16. The summed E-state index contributed by atoms with van der Waals surface area (Å²) in [6, 6.07) is 12.2. The second kappa shape index (κ2) is 7.53.